The Morgan fingerprint density at radius 2 is 1.94 bits per heavy atom. The number of benzene rings is 1. The minimum absolute atomic E-state index is 0.321. The largest absolute Gasteiger partial charge is 0.494 e. The molecular formula is C15H24N2O. The van der Waals surface area contributed by atoms with Gasteiger partial charge in [-0.25, -0.2) is 0 Å². The van der Waals surface area contributed by atoms with E-state index in [1.54, 1.807) is 0 Å². The quantitative estimate of drug-likeness (QED) is 0.841. The van der Waals surface area contributed by atoms with Crippen molar-refractivity contribution in [1.82, 2.24) is 5.32 Å². The molecular weight excluding hydrogens is 224 g/mol. The van der Waals surface area contributed by atoms with Gasteiger partial charge in [0.2, 0.25) is 0 Å². The van der Waals surface area contributed by atoms with Gasteiger partial charge in [0, 0.05) is 18.6 Å². The number of nitrogens with two attached hydrogens (primary N) is 1. The van der Waals surface area contributed by atoms with Crippen LogP contribution in [0.2, 0.25) is 0 Å². The van der Waals surface area contributed by atoms with E-state index >= 15 is 0 Å². The van der Waals surface area contributed by atoms with Crippen LogP contribution in [-0.4, -0.2) is 18.7 Å². The Hall–Kier alpha value is -1.06. The summed E-state index contributed by atoms with van der Waals surface area (Å²) in [5.41, 5.74) is 7.41. The van der Waals surface area contributed by atoms with Gasteiger partial charge in [-0.2, -0.15) is 0 Å². The van der Waals surface area contributed by atoms with Gasteiger partial charge in [-0.15, -0.1) is 0 Å². The number of rotatable bonds is 5. The molecule has 18 heavy (non-hydrogen) atoms. The molecule has 3 N–H and O–H groups in total. The van der Waals surface area contributed by atoms with Gasteiger partial charge in [0.15, 0.2) is 0 Å². The molecule has 0 bridgehead atoms. The zero-order valence-corrected chi connectivity index (χ0v) is 11.2. The molecule has 2 unspecified atom stereocenters. The lowest BCUT2D eigenvalue weighted by Gasteiger charge is -2.29. The third-order valence-corrected chi connectivity index (χ3v) is 3.62. The fourth-order valence-corrected chi connectivity index (χ4v) is 2.53. The lowest BCUT2D eigenvalue weighted by atomic mass is 9.91. The number of hydrogen-bond donors (Lipinski definition) is 2. The highest BCUT2D eigenvalue weighted by molar-refractivity contribution is 5.27. The van der Waals surface area contributed by atoms with Crippen molar-refractivity contribution >= 4 is 0 Å². The maximum Gasteiger partial charge on any atom is 0.119 e. The van der Waals surface area contributed by atoms with Crippen molar-refractivity contribution in [3.63, 3.8) is 0 Å². The second kappa shape index (κ2) is 6.76. The van der Waals surface area contributed by atoms with Gasteiger partial charge in [0.05, 0.1) is 6.61 Å². The molecule has 1 aromatic carbocycles. The first-order valence-electron chi connectivity index (χ1n) is 7.00. The molecule has 1 aliphatic carbocycles. The van der Waals surface area contributed by atoms with E-state index in [2.05, 4.69) is 17.4 Å². The summed E-state index contributed by atoms with van der Waals surface area (Å²) in [6.45, 7) is 3.61. The summed E-state index contributed by atoms with van der Waals surface area (Å²) in [6.07, 6.45) is 4.94. The van der Waals surface area contributed by atoms with Crippen LogP contribution in [0.1, 0.15) is 38.2 Å². The maximum absolute atomic E-state index is 6.12. The van der Waals surface area contributed by atoms with Crippen LogP contribution in [0.15, 0.2) is 24.3 Å². The van der Waals surface area contributed by atoms with E-state index < -0.39 is 0 Å². The van der Waals surface area contributed by atoms with E-state index in [-0.39, 0.29) is 0 Å². The third-order valence-electron chi connectivity index (χ3n) is 3.62. The second-order valence-corrected chi connectivity index (χ2v) is 5.01. The molecule has 3 heteroatoms. The lowest BCUT2D eigenvalue weighted by molar-refractivity contribution is 0.326. The van der Waals surface area contributed by atoms with Crippen molar-refractivity contribution in [2.75, 3.05) is 6.61 Å². The van der Waals surface area contributed by atoms with Crippen molar-refractivity contribution in [2.24, 2.45) is 5.73 Å². The molecule has 0 heterocycles. The van der Waals surface area contributed by atoms with Gasteiger partial charge >= 0.3 is 0 Å². The van der Waals surface area contributed by atoms with Crippen molar-refractivity contribution in [1.29, 1.82) is 0 Å². The van der Waals surface area contributed by atoms with Gasteiger partial charge in [0.25, 0.3) is 0 Å². The molecule has 2 rings (SSSR count). The van der Waals surface area contributed by atoms with Gasteiger partial charge in [-0.3, -0.25) is 0 Å². The van der Waals surface area contributed by atoms with Gasteiger partial charge in [-0.1, -0.05) is 25.0 Å². The highest BCUT2D eigenvalue weighted by Crippen LogP contribution is 2.18. The zero-order chi connectivity index (χ0) is 12.8. The summed E-state index contributed by atoms with van der Waals surface area (Å²) in [4.78, 5) is 0. The van der Waals surface area contributed by atoms with E-state index in [1.807, 2.05) is 19.1 Å². The monoisotopic (exact) mass is 248 g/mol. The zero-order valence-electron chi connectivity index (χ0n) is 11.2. The Labute approximate surface area is 110 Å². The number of ether oxygens (including phenoxy) is 1. The van der Waals surface area contributed by atoms with E-state index in [1.165, 1.54) is 24.8 Å². The molecule has 1 fully saturated rings. The van der Waals surface area contributed by atoms with Crippen LogP contribution >= 0.6 is 0 Å². The molecule has 0 aromatic heterocycles. The topological polar surface area (TPSA) is 47.3 Å². The van der Waals surface area contributed by atoms with E-state index in [0.29, 0.717) is 18.7 Å². The molecule has 1 aromatic rings. The molecule has 0 amide bonds. The average Bonchev–Trinajstić information content (AvgIpc) is 2.40. The Morgan fingerprint density at radius 3 is 2.61 bits per heavy atom. The third kappa shape index (κ3) is 3.72. The molecule has 3 nitrogen and oxygen atoms in total. The first-order chi connectivity index (χ1) is 8.79. The summed E-state index contributed by atoms with van der Waals surface area (Å²) in [5.74, 6) is 0.940. The molecule has 0 saturated heterocycles. The molecule has 2 atom stereocenters. The smallest absolute Gasteiger partial charge is 0.119 e. The first-order valence-corrected chi connectivity index (χ1v) is 7.00. The Morgan fingerprint density at radius 1 is 1.22 bits per heavy atom. The van der Waals surface area contributed by atoms with Crippen molar-refractivity contribution in [2.45, 2.75) is 51.2 Å². The average molecular weight is 248 g/mol. The van der Waals surface area contributed by atoms with Crippen LogP contribution in [-0.2, 0) is 6.54 Å². The van der Waals surface area contributed by atoms with Crippen LogP contribution < -0.4 is 15.8 Å². The molecule has 0 radical (unpaired) electrons. The summed E-state index contributed by atoms with van der Waals surface area (Å²) in [6, 6.07) is 9.09. The van der Waals surface area contributed by atoms with E-state index in [0.717, 1.165) is 18.7 Å². The molecule has 100 valence electrons. The van der Waals surface area contributed by atoms with Crippen molar-refractivity contribution in [3.05, 3.63) is 29.8 Å². The van der Waals surface area contributed by atoms with Crippen LogP contribution in [0.3, 0.4) is 0 Å². The van der Waals surface area contributed by atoms with Crippen LogP contribution in [0.5, 0.6) is 5.75 Å². The van der Waals surface area contributed by atoms with Gasteiger partial charge in [0.1, 0.15) is 5.75 Å². The van der Waals surface area contributed by atoms with E-state index in [4.69, 9.17) is 10.5 Å². The Balaban J connectivity index is 1.82. The first kappa shape index (κ1) is 13.4. The standard InChI is InChI=1S/C15H24N2O/c1-2-18-13-9-7-12(8-10-13)11-17-15-6-4-3-5-14(15)16/h7-10,14-15,17H,2-6,11,16H2,1H3. The fourth-order valence-electron chi connectivity index (χ4n) is 2.53. The summed E-state index contributed by atoms with van der Waals surface area (Å²) < 4.78 is 5.43. The summed E-state index contributed by atoms with van der Waals surface area (Å²) >= 11 is 0. The van der Waals surface area contributed by atoms with Crippen molar-refractivity contribution < 1.29 is 4.74 Å². The van der Waals surface area contributed by atoms with Gasteiger partial charge in [-0.05, 0) is 37.5 Å². The second-order valence-electron chi connectivity index (χ2n) is 5.01. The summed E-state index contributed by atoms with van der Waals surface area (Å²) in [5, 5.41) is 3.57. The van der Waals surface area contributed by atoms with Crippen LogP contribution in [0, 0.1) is 0 Å². The lowest BCUT2D eigenvalue weighted by Crippen LogP contribution is -2.46. The number of hydrogen-bond acceptors (Lipinski definition) is 3. The normalized spacial score (nSPS) is 23.9. The molecule has 0 spiro atoms. The van der Waals surface area contributed by atoms with Crippen LogP contribution in [0.25, 0.3) is 0 Å². The summed E-state index contributed by atoms with van der Waals surface area (Å²) in [7, 11) is 0. The Kier molecular flexibility index (Phi) is 5.02. The molecule has 1 aliphatic rings. The van der Waals surface area contributed by atoms with E-state index in [9.17, 15) is 0 Å². The van der Waals surface area contributed by atoms with Gasteiger partial charge < -0.3 is 15.8 Å². The Bertz CT molecular complexity index is 350. The maximum atomic E-state index is 6.12. The highest BCUT2D eigenvalue weighted by atomic mass is 16.5. The van der Waals surface area contributed by atoms with Crippen LogP contribution in [0.4, 0.5) is 0 Å². The predicted molar refractivity (Wildman–Crippen MR) is 74.7 cm³/mol. The molecule has 1 saturated carbocycles. The number of nitrogens with one attached hydrogen (secondary N) is 1. The predicted octanol–water partition coefficient (Wildman–Crippen LogP) is 2.44. The SMILES string of the molecule is CCOc1ccc(CNC2CCCCC2N)cc1. The minimum Gasteiger partial charge on any atom is -0.494 e. The highest BCUT2D eigenvalue weighted by Gasteiger charge is 2.20. The van der Waals surface area contributed by atoms with Crippen molar-refractivity contribution in [3.8, 4) is 5.75 Å². The minimum atomic E-state index is 0.321. The molecule has 0 aliphatic heterocycles. The fraction of sp³-hybridized carbons (Fsp3) is 0.600.